The molecule has 3 heteroatoms. The molecule has 0 heterocycles. The van der Waals surface area contributed by atoms with E-state index >= 15 is 0 Å². The summed E-state index contributed by atoms with van der Waals surface area (Å²) in [5, 5.41) is 11.6. The van der Waals surface area contributed by atoms with Crippen LogP contribution in [0.15, 0.2) is 0 Å². The second kappa shape index (κ2) is 5.89. The van der Waals surface area contributed by atoms with E-state index in [0.717, 1.165) is 0 Å². The Morgan fingerprint density at radius 3 is 2.12 bits per heavy atom. The van der Waals surface area contributed by atoms with Gasteiger partial charge in [-0.2, -0.15) is 5.26 Å². The summed E-state index contributed by atoms with van der Waals surface area (Å²) in [5.74, 6) is 0.431. The highest BCUT2D eigenvalue weighted by atomic mass is 16.1. The minimum atomic E-state index is -0.375. The van der Waals surface area contributed by atoms with Crippen LogP contribution in [0.1, 0.15) is 48.0 Å². The molecule has 0 aromatic rings. The van der Waals surface area contributed by atoms with Crippen molar-refractivity contribution in [3.8, 4) is 6.07 Å². The van der Waals surface area contributed by atoms with Crippen LogP contribution < -0.4 is 5.32 Å². The van der Waals surface area contributed by atoms with Crippen LogP contribution in [-0.2, 0) is 4.79 Å². The van der Waals surface area contributed by atoms with Gasteiger partial charge in [-0.05, 0) is 17.3 Å². The SMILES string of the molecule is CC(C)[C@@H](C#N)NC(=O)C[C@H](C)C(C)(C)C. The summed E-state index contributed by atoms with van der Waals surface area (Å²) in [5.41, 5.74) is 0.122. The van der Waals surface area contributed by atoms with Crippen molar-refractivity contribution in [1.29, 1.82) is 5.26 Å². The average molecular weight is 224 g/mol. The first-order chi connectivity index (χ1) is 7.18. The lowest BCUT2D eigenvalue weighted by Gasteiger charge is -2.27. The minimum absolute atomic E-state index is 0.0253. The summed E-state index contributed by atoms with van der Waals surface area (Å²) >= 11 is 0. The predicted octanol–water partition coefficient (Wildman–Crippen LogP) is 2.72. The Kier molecular flexibility index (Phi) is 5.50. The molecular formula is C13H24N2O. The molecule has 0 unspecified atom stereocenters. The van der Waals surface area contributed by atoms with Gasteiger partial charge >= 0.3 is 0 Å². The monoisotopic (exact) mass is 224 g/mol. The molecule has 1 N–H and O–H groups in total. The smallest absolute Gasteiger partial charge is 0.221 e. The molecule has 16 heavy (non-hydrogen) atoms. The zero-order valence-corrected chi connectivity index (χ0v) is 11.3. The van der Waals surface area contributed by atoms with Crippen LogP contribution in [-0.4, -0.2) is 11.9 Å². The number of amides is 1. The molecule has 2 atom stereocenters. The van der Waals surface area contributed by atoms with Crippen LogP contribution in [0.3, 0.4) is 0 Å². The van der Waals surface area contributed by atoms with E-state index in [4.69, 9.17) is 5.26 Å². The number of nitriles is 1. The molecule has 3 nitrogen and oxygen atoms in total. The number of carbonyl (C=O) groups is 1. The highest BCUT2D eigenvalue weighted by Gasteiger charge is 2.24. The Morgan fingerprint density at radius 2 is 1.81 bits per heavy atom. The molecule has 0 fully saturated rings. The summed E-state index contributed by atoms with van der Waals surface area (Å²) in [6.07, 6.45) is 0.481. The first kappa shape index (κ1) is 15.0. The lowest BCUT2D eigenvalue weighted by Crippen LogP contribution is -2.39. The minimum Gasteiger partial charge on any atom is -0.340 e. The number of hydrogen-bond donors (Lipinski definition) is 1. The fourth-order valence-electron chi connectivity index (χ4n) is 1.16. The van der Waals surface area contributed by atoms with Crippen molar-refractivity contribution in [2.75, 3.05) is 0 Å². The van der Waals surface area contributed by atoms with Gasteiger partial charge in [-0.25, -0.2) is 0 Å². The van der Waals surface area contributed by atoms with E-state index in [0.29, 0.717) is 12.3 Å². The molecule has 1 amide bonds. The molecule has 0 bridgehead atoms. The maximum absolute atomic E-state index is 11.7. The van der Waals surface area contributed by atoms with Crippen molar-refractivity contribution in [3.63, 3.8) is 0 Å². The second-order valence-corrected chi connectivity index (χ2v) is 5.89. The van der Waals surface area contributed by atoms with Crippen LogP contribution in [0.4, 0.5) is 0 Å². The Labute approximate surface area is 99.2 Å². The molecule has 0 aromatic carbocycles. The van der Waals surface area contributed by atoms with Crippen molar-refractivity contribution < 1.29 is 4.79 Å². The van der Waals surface area contributed by atoms with Crippen LogP contribution in [0.5, 0.6) is 0 Å². The van der Waals surface area contributed by atoms with E-state index < -0.39 is 0 Å². The highest BCUT2D eigenvalue weighted by Crippen LogP contribution is 2.27. The van der Waals surface area contributed by atoms with Gasteiger partial charge in [-0.15, -0.1) is 0 Å². The zero-order chi connectivity index (χ0) is 12.9. The topological polar surface area (TPSA) is 52.9 Å². The number of nitrogens with zero attached hydrogens (tertiary/aromatic N) is 1. The van der Waals surface area contributed by atoms with Gasteiger partial charge in [0.25, 0.3) is 0 Å². The third-order valence-corrected chi connectivity index (χ3v) is 3.09. The molecular weight excluding hydrogens is 200 g/mol. The average Bonchev–Trinajstić information content (AvgIpc) is 2.11. The van der Waals surface area contributed by atoms with E-state index in [9.17, 15) is 4.79 Å². The summed E-state index contributed by atoms with van der Waals surface area (Å²) in [6.45, 7) is 12.3. The molecule has 0 aliphatic carbocycles. The standard InChI is InChI=1S/C13H24N2O/c1-9(2)11(8-14)15-12(16)7-10(3)13(4,5)6/h9-11H,7H2,1-6H3,(H,15,16)/t10-,11+/m0/s1. The highest BCUT2D eigenvalue weighted by molar-refractivity contribution is 5.76. The molecule has 0 saturated heterocycles. The van der Waals surface area contributed by atoms with E-state index in [1.807, 2.05) is 13.8 Å². The van der Waals surface area contributed by atoms with Gasteiger partial charge in [0.05, 0.1) is 6.07 Å². The number of rotatable bonds is 4. The zero-order valence-electron chi connectivity index (χ0n) is 11.3. The summed E-state index contributed by atoms with van der Waals surface area (Å²) in [6, 6.07) is 1.74. The van der Waals surface area contributed by atoms with Crippen molar-refractivity contribution >= 4 is 5.91 Å². The van der Waals surface area contributed by atoms with Gasteiger partial charge < -0.3 is 5.32 Å². The Bertz CT molecular complexity index is 271. The van der Waals surface area contributed by atoms with Crippen LogP contribution in [0.25, 0.3) is 0 Å². The van der Waals surface area contributed by atoms with Crippen LogP contribution in [0, 0.1) is 28.6 Å². The first-order valence-electron chi connectivity index (χ1n) is 5.87. The number of hydrogen-bond acceptors (Lipinski definition) is 2. The van der Waals surface area contributed by atoms with Crippen molar-refractivity contribution in [2.24, 2.45) is 17.3 Å². The molecule has 0 aromatic heterocycles. The summed E-state index contributed by atoms with van der Waals surface area (Å²) in [4.78, 5) is 11.7. The van der Waals surface area contributed by atoms with Gasteiger partial charge in [-0.1, -0.05) is 41.5 Å². The molecule has 0 radical (unpaired) electrons. The third kappa shape index (κ3) is 5.16. The van der Waals surface area contributed by atoms with E-state index in [-0.39, 0.29) is 23.3 Å². The molecule has 0 saturated carbocycles. The van der Waals surface area contributed by atoms with Gasteiger partial charge in [0.15, 0.2) is 0 Å². The van der Waals surface area contributed by atoms with E-state index in [2.05, 4.69) is 39.1 Å². The fourth-order valence-corrected chi connectivity index (χ4v) is 1.16. The maximum atomic E-state index is 11.7. The summed E-state index contributed by atoms with van der Waals surface area (Å²) in [7, 11) is 0. The van der Waals surface area contributed by atoms with Crippen molar-refractivity contribution in [2.45, 2.75) is 54.0 Å². The Morgan fingerprint density at radius 1 is 1.31 bits per heavy atom. The van der Waals surface area contributed by atoms with Crippen LogP contribution in [0.2, 0.25) is 0 Å². The second-order valence-electron chi connectivity index (χ2n) is 5.89. The molecule has 92 valence electrons. The maximum Gasteiger partial charge on any atom is 0.221 e. The third-order valence-electron chi connectivity index (χ3n) is 3.09. The number of carbonyl (C=O) groups excluding carboxylic acids is 1. The van der Waals surface area contributed by atoms with Gasteiger partial charge in [0.2, 0.25) is 5.91 Å². The quantitative estimate of drug-likeness (QED) is 0.798. The normalized spacial score (nSPS) is 15.4. The van der Waals surface area contributed by atoms with Gasteiger partial charge in [0.1, 0.15) is 6.04 Å². The van der Waals surface area contributed by atoms with Gasteiger partial charge in [0, 0.05) is 6.42 Å². The first-order valence-corrected chi connectivity index (χ1v) is 5.87. The fraction of sp³-hybridized carbons (Fsp3) is 0.846. The van der Waals surface area contributed by atoms with Crippen LogP contribution >= 0.6 is 0 Å². The summed E-state index contributed by atoms with van der Waals surface area (Å²) < 4.78 is 0. The lowest BCUT2D eigenvalue weighted by atomic mass is 9.80. The lowest BCUT2D eigenvalue weighted by molar-refractivity contribution is -0.123. The Balaban J connectivity index is 4.25. The molecule has 0 aliphatic rings. The van der Waals surface area contributed by atoms with E-state index in [1.165, 1.54) is 0 Å². The van der Waals surface area contributed by atoms with Crippen molar-refractivity contribution in [1.82, 2.24) is 5.32 Å². The molecule has 0 rings (SSSR count). The van der Waals surface area contributed by atoms with E-state index in [1.54, 1.807) is 0 Å². The molecule has 0 spiro atoms. The Hall–Kier alpha value is -1.04. The number of nitrogens with one attached hydrogen (secondary N) is 1. The molecule has 0 aliphatic heterocycles. The predicted molar refractivity (Wildman–Crippen MR) is 65.6 cm³/mol. The largest absolute Gasteiger partial charge is 0.340 e. The van der Waals surface area contributed by atoms with Gasteiger partial charge in [-0.3, -0.25) is 4.79 Å². The van der Waals surface area contributed by atoms with Crippen molar-refractivity contribution in [3.05, 3.63) is 0 Å².